The van der Waals surface area contributed by atoms with E-state index in [1.54, 1.807) is 18.2 Å². The Hall–Kier alpha value is -2.08. The van der Waals surface area contributed by atoms with Gasteiger partial charge in [0.1, 0.15) is 18.2 Å². The van der Waals surface area contributed by atoms with E-state index in [-0.39, 0.29) is 12.4 Å². The van der Waals surface area contributed by atoms with Crippen LogP contribution in [0.3, 0.4) is 0 Å². The Labute approximate surface area is 129 Å². The molecule has 2 aromatic rings. The number of esters is 1. The molecular formula is C15H13BrFNO3. The van der Waals surface area contributed by atoms with E-state index in [9.17, 15) is 9.18 Å². The van der Waals surface area contributed by atoms with E-state index in [1.165, 1.54) is 25.3 Å². The van der Waals surface area contributed by atoms with Crippen LogP contribution in [0.15, 0.2) is 40.9 Å². The fourth-order valence-corrected chi connectivity index (χ4v) is 2.08. The Morgan fingerprint density at radius 2 is 2.05 bits per heavy atom. The normalized spacial score (nSPS) is 10.2. The van der Waals surface area contributed by atoms with Crippen molar-refractivity contribution in [1.82, 2.24) is 0 Å². The van der Waals surface area contributed by atoms with Crippen LogP contribution in [0.25, 0.3) is 0 Å². The van der Waals surface area contributed by atoms with Crippen molar-refractivity contribution in [2.24, 2.45) is 0 Å². The van der Waals surface area contributed by atoms with Gasteiger partial charge in [-0.1, -0.05) is 15.9 Å². The molecule has 6 heteroatoms. The molecule has 0 radical (unpaired) electrons. The van der Waals surface area contributed by atoms with Gasteiger partial charge in [0.2, 0.25) is 0 Å². The quantitative estimate of drug-likeness (QED) is 0.674. The summed E-state index contributed by atoms with van der Waals surface area (Å²) in [5.74, 6) is -0.610. The summed E-state index contributed by atoms with van der Waals surface area (Å²) in [5.41, 5.74) is 7.19. The molecule has 0 aliphatic carbocycles. The summed E-state index contributed by atoms with van der Waals surface area (Å²) < 4.78 is 24.1. The monoisotopic (exact) mass is 353 g/mol. The molecule has 0 aliphatic rings. The SMILES string of the molecule is COC(=O)c1ccc(Br)c(COc2cc(F)ccc2N)c1. The topological polar surface area (TPSA) is 61.5 Å². The van der Waals surface area contributed by atoms with Gasteiger partial charge in [0.15, 0.2) is 0 Å². The number of methoxy groups -OCH3 is 1. The Balaban J connectivity index is 2.19. The van der Waals surface area contributed by atoms with E-state index in [1.807, 2.05) is 0 Å². The van der Waals surface area contributed by atoms with Crippen LogP contribution in [-0.2, 0) is 11.3 Å². The first-order valence-corrected chi connectivity index (χ1v) is 6.85. The molecule has 2 aromatic carbocycles. The molecule has 0 spiro atoms. The average molecular weight is 354 g/mol. The van der Waals surface area contributed by atoms with E-state index in [0.29, 0.717) is 11.3 Å². The van der Waals surface area contributed by atoms with Crippen molar-refractivity contribution in [1.29, 1.82) is 0 Å². The largest absolute Gasteiger partial charge is 0.487 e. The number of carbonyl (C=O) groups is 1. The van der Waals surface area contributed by atoms with Gasteiger partial charge in [-0.15, -0.1) is 0 Å². The summed E-state index contributed by atoms with van der Waals surface area (Å²) in [4.78, 5) is 11.5. The lowest BCUT2D eigenvalue weighted by Gasteiger charge is -2.11. The Bertz CT molecular complexity index is 676. The van der Waals surface area contributed by atoms with E-state index < -0.39 is 11.8 Å². The van der Waals surface area contributed by atoms with Crippen LogP contribution in [0.5, 0.6) is 5.75 Å². The molecule has 2 rings (SSSR count). The molecule has 0 aromatic heterocycles. The molecule has 0 amide bonds. The highest BCUT2D eigenvalue weighted by Gasteiger charge is 2.10. The fourth-order valence-electron chi connectivity index (χ4n) is 1.72. The summed E-state index contributed by atoms with van der Waals surface area (Å²) in [6.07, 6.45) is 0. The highest BCUT2D eigenvalue weighted by molar-refractivity contribution is 9.10. The van der Waals surface area contributed by atoms with Crippen molar-refractivity contribution in [3.63, 3.8) is 0 Å². The molecule has 0 unspecified atom stereocenters. The molecule has 110 valence electrons. The van der Waals surface area contributed by atoms with Gasteiger partial charge in [0, 0.05) is 16.1 Å². The Kier molecular flexibility index (Phi) is 4.80. The first kappa shape index (κ1) is 15.3. The van der Waals surface area contributed by atoms with Crippen LogP contribution < -0.4 is 10.5 Å². The number of nitrogens with two attached hydrogens (primary N) is 1. The number of nitrogen functional groups attached to an aromatic ring is 1. The molecule has 0 saturated carbocycles. The number of hydrogen-bond acceptors (Lipinski definition) is 4. The molecule has 4 nitrogen and oxygen atoms in total. The van der Waals surface area contributed by atoms with Crippen molar-refractivity contribution in [2.75, 3.05) is 12.8 Å². The van der Waals surface area contributed by atoms with Gasteiger partial charge in [-0.05, 0) is 30.3 Å². The van der Waals surface area contributed by atoms with Crippen molar-refractivity contribution < 1.29 is 18.7 Å². The predicted octanol–water partition coefficient (Wildman–Crippen LogP) is 3.54. The third-order valence-electron chi connectivity index (χ3n) is 2.83. The number of anilines is 1. The average Bonchev–Trinajstić information content (AvgIpc) is 2.48. The van der Waals surface area contributed by atoms with Gasteiger partial charge in [-0.25, -0.2) is 9.18 Å². The van der Waals surface area contributed by atoms with E-state index >= 15 is 0 Å². The van der Waals surface area contributed by atoms with E-state index in [4.69, 9.17) is 10.5 Å². The third kappa shape index (κ3) is 3.72. The smallest absolute Gasteiger partial charge is 0.337 e. The molecule has 2 N–H and O–H groups in total. The Morgan fingerprint density at radius 1 is 1.29 bits per heavy atom. The first-order valence-electron chi connectivity index (χ1n) is 6.06. The molecule has 0 saturated heterocycles. The lowest BCUT2D eigenvalue weighted by Crippen LogP contribution is -2.04. The molecule has 21 heavy (non-hydrogen) atoms. The summed E-state index contributed by atoms with van der Waals surface area (Å²) in [6.45, 7) is 0.138. The highest BCUT2D eigenvalue weighted by atomic mass is 79.9. The number of rotatable bonds is 4. The third-order valence-corrected chi connectivity index (χ3v) is 3.60. The zero-order valence-corrected chi connectivity index (χ0v) is 12.8. The van der Waals surface area contributed by atoms with Crippen molar-refractivity contribution >= 4 is 27.6 Å². The lowest BCUT2D eigenvalue weighted by molar-refractivity contribution is 0.0600. The standard InChI is InChI=1S/C15H13BrFNO3/c1-20-15(19)9-2-4-12(16)10(6-9)8-21-14-7-11(17)3-5-13(14)18/h2-7H,8,18H2,1H3. The van der Waals surface area contributed by atoms with Gasteiger partial charge >= 0.3 is 5.97 Å². The van der Waals surface area contributed by atoms with E-state index in [0.717, 1.165) is 10.0 Å². The minimum atomic E-state index is -0.436. The number of halogens is 2. The number of benzene rings is 2. The predicted molar refractivity (Wildman–Crippen MR) is 80.6 cm³/mol. The second kappa shape index (κ2) is 6.58. The highest BCUT2D eigenvalue weighted by Crippen LogP contribution is 2.25. The van der Waals surface area contributed by atoms with Crippen molar-refractivity contribution in [3.8, 4) is 5.75 Å². The maximum absolute atomic E-state index is 13.2. The molecule has 0 fully saturated rings. The van der Waals surface area contributed by atoms with Gasteiger partial charge in [-0.3, -0.25) is 0 Å². The summed E-state index contributed by atoms with van der Waals surface area (Å²) >= 11 is 3.37. The number of hydrogen-bond donors (Lipinski definition) is 1. The molecule has 0 bridgehead atoms. The maximum Gasteiger partial charge on any atom is 0.337 e. The van der Waals surface area contributed by atoms with E-state index in [2.05, 4.69) is 20.7 Å². The van der Waals surface area contributed by atoms with Gasteiger partial charge in [-0.2, -0.15) is 0 Å². The maximum atomic E-state index is 13.2. The van der Waals surface area contributed by atoms with Gasteiger partial charge in [0.05, 0.1) is 18.4 Å². The van der Waals surface area contributed by atoms with Crippen molar-refractivity contribution in [2.45, 2.75) is 6.61 Å². The van der Waals surface area contributed by atoms with Gasteiger partial charge in [0.25, 0.3) is 0 Å². The van der Waals surface area contributed by atoms with Crippen LogP contribution in [0.2, 0.25) is 0 Å². The van der Waals surface area contributed by atoms with Crippen LogP contribution >= 0.6 is 15.9 Å². The summed E-state index contributed by atoms with van der Waals surface area (Å²) in [5, 5.41) is 0. The number of carbonyl (C=O) groups excluding carboxylic acids is 1. The molecule has 0 atom stereocenters. The lowest BCUT2D eigenvalue weighted by atomic mass is 10.1. The summed E-state index contributed by atoms with van der Waals surface area (Å²) in [6, 6.07) is 8.91. The second-order valence-electron chi connectivity index (χ2n) is 4.27. The van der Waals surface area contributed by atoms with Crippen molar-refractivity contribution in [3.05, 3.63) is 57.8 Å². The zero-order chi connectivity index (χ0) is 15.4. The minimum absolute atomic E-state index is 0.138. The zero-order valence-electron chi connectivity index (χ0n) is 11.2. The molecule has 0 aliphatic heterocycles. The van der Waals surface area contributed by atoms with Crippen LogP contribution in [0, 0.1) is 5.82 Å². The molecular weight excluding hydrogens is 341 g/mol. The number of ether oxygens (including phenoxy) is 2. The summed E-state index contributed by atoms with van der Waals surface area (Å²) in [7, 11) is 1.31. The minimum Gasteiger partial charge on any atom is -0.487 e. The molecule has 0 heterocycles. The second-order valence-corrected chi connectivity index (χ2v) is 5.12. The van der Waals surface area contributed by atoms with Gasteiger partial charge < -0.3 is 15.2 Å². The van der Waals surface area contributed by atoms with Crippen LogP contribution in [0.4, 0.5) is 10.1 Å². The Morgan fingerprint density at radius 3 is 2.76 bits per heavy atom. The first-order chi connectivity index (χ1) is 10.0. The fraction of sp³-hybridized carbons (Fsp3) is 0.133. The van der Waals surface area contributed by atoms with Crippen LogP contribution in [0.1, 0.15) is 15.9 Å². The van der Waals surface area contributed by atoms with Crippen LogP contribution in [-0.4, -0.2) is 13.1 Å².